The van der Waals surface area contributed by atoms with E-state index >= 15 is 0 Å². The van der Waals surface area contributed by atoms with E-state index in [1.54, 1.807) is 0 Å². The molecule has 0 saturated heterocycles. The summed E-state index contributed by atoms with van der Waals surface area (Å²) in [4.78, 5) is 0. The molecule has 2 N–H and O–H groups in total. The summed E-state index contributed by atoms with van der Waals surface area (Å²) >= 11 is 0. The van der Waals surface area contributed by atoms with Gasteiger partial charge in [0, 0.05) is 11.5 Å². The third-order valence-corrected chi connectivity index (χ3v) is 2.56. The van der Waals surface area contributed by atoms with E-state index in [4.69, 9.17) is 14.8 Å². The van der Waals surface area contributed by atoms with E-state index in [9.17, 15) is 8.78 Å². The van der Waals surface area contributed by atoms with E-state index in [-0.39, 0.29) is 23.6 Å². The molecule has 19 heavy (non-hydrogen) atoms. The van der Waals surface area contributed by atoms with Crippen LogP contribution < -0.4 is 10.2 Å². The minimum atomic E-state index is -1.75. The van der Waals surface area contributed by atoms with Crippen LogP contribution in [0.5, 0.6) is 5.75 Å². The van der Waals surface area contributed by atoms with Crippen LogP contribution in [0.15, 0.2) is 42.5 Å². The maximum absolute atomic E-state index is 13.1. The first-order valence-electron chi connectivity index (χ1n) is 5.59. The Kier molecular flexibility index (Phi) is 4.14. The van der Waals surface area contributed by atoms with Crippen LogP contribution in [-0.4, -0.2) is 17.2 Å². The molecule has 0 spiro atoms. The van der Waals surface area contributed by atoms with Crippen molar-refractivity contribution in [1.29, 1.82) is 0 Å². The van der Waals surface area contributed by atoms with Crippen LogP contribution in [0.25, 0.3) is 0 Å². The molecule has 0 aliphatic rings. The Morgan fingerprint density at radius 3 is 2.21 bits per heavy atom. The second-order valence-corrected chi connectivity index (χ2v) is 3.97. The Morgan fingerprint density at radius 1 is 0.947 bits per heavy atom. The number of rotatable bonds is 4. The average Bonchev–Trinajstić information content (AvgIpc) is 2.38. The van der Waals surface area contributed by atoms with Crippen molar-refractivity contribution in [1.82, 2.24) is 0 Å². The SMILES string of the molecule is OB(O)c1ccc(F)cc1OCc1ccc(F)cc1. The van der Waals surface area contributed by atoms with Gasteiger partial charge < -0.3 is 14.8 Å². The fourth-order valence-corrected chi connectivity index (χ4v) is 1.59. The Balaban J connectivity index is 2.14. The molecular formula is C13H11BF2O3. The van der Waals surface area contributed by atoms with Crippen LogP contribution in [0.4, 0.5) is 8.78 Å². The van der Waals surface area contributed by atoms with Gasteiger partial charge in [-0.1, -0.05) is 18.2 Å². The number of benzene rings is 2. The standard InChI is InChI=1S/C13H11BF2O3/c15-10-3-1-9(2-4-10)8-19-13-7-11(16)5-6-12(13)14(17)18/h1-7,17-18H,8H2. The van der Waals surface area contributed by atoms with Crippen LogP contribution in [-0.2, 0) is 6.61 Å². The van der Waals surface area contributed by atoms with Crippen molar-refractivity contribution in [3.05, 3.63) is 59.7 Å². The van der Waals surface area contributed by atoms with Crippen LogP contribution in [0, 0.1) is 11.6 Å². The lowest BCUT2D eigenvalue weighted by molar-refractivity contribution is 0.305. The van der Waals surface area contributed by atoms with Crippen LogP contribution >= 0.6 is 0 Å². The van der Waals surface area contributed by atoms with E-state index in [0.29, 0.717) is 5.56 Å². The molecule has 2 aromatic rings. The first kappa shape index (κ1) is 13.5. The van der Waals surface area contributed by atoms with Crippen molar-refractivity contribution in [2.45, 2.75) is 6.61 Å². The third kappa shape index (κ3) is 3.53. The van der Waals surface area contributed by atoms with Crippen molar-refractivity contribution in [3.8, 4) is 5.75 Å². The lowest BCUT2D eigenvalue weighted by Gasteiger charge is -2.11. The maximum atomic E-state index is 13.1. The largest absolute Gasteiger partial charge is 0.492 e. The molecule has 0 aromatic heterocycles. The summed E-state index contributed by atoms with van der Waals surface area (Å²) in [5, 5.41) is 18.3. The molecule has 0 radical (unpaired) electrons. The molecule has 0 unspecified atom stereocenters. The van der Waals surface area contributed by atoms with Gasteiger partial charge in [-0.25, -0.2) is 8.78 Å². The number of hydrogen-bond donors (Lipinski definition) is 2. The van der Waals surface area contributed by atoms with E-state index < -0.39 is 12.9 Å². The van der Waals surface area contributed by atoms with Gasteiger partial charge >= 0.3 is 7.12 Å². The van der Waals surface area contributed by atoms with Gasteiger partial charge in [0.05, 0.1) is 0 Å². The lowest BCUT2D eigenvalue weighted by atomic mass is 9.79. The van der Waals surface area contributed by atoms with E-state index in [1.807, 2.05) is 0 Å². The van der Waals surface area contributed by atoms with Crippen molar-refractivity contribution >= 4 is 12.6 Å². The Labute approximate surface area is 109 Å². The third-order valence-electron chi connectivity index (χ3n) is 2.56. The summed E-state index contributed by atoms with van der Waals surface area (Å²) < 4.78 is 31.1. The molecule has 98 valence electrons. The summed E-state index contributed by atoms with van der Waals surface area (Å²) in [6.07, 6.45) is 0. The van der Waals surface area contributed by atoms with Crippen LogP contribution in [0.1, 0.15) is 5.56 Å². The van der Waals surface area contributed by atoms with Crippen molar-refractivity contribution in [3.63, 3.8) is 0 Å². The molecule has 3 nitrogen and oxygen atoms in total. The van der Waals surface area contributed by atoms with Gasteiger partial charge in [0.2, 0.25) is 0 Å². The number of hydrogen-bond acceptors (Lipinski definition) is 3. The zero-order valence-electron chi connectivity index (χ0n) is 9.88. The minimum absolute atomic E-state index is 0.0410. The highest BCUT2D eigenvalue weighted by atomic mass is 19.1. The molecular weight excluding hydrogens is 253 g/mol. The van der Waals surface area contributed by atoms with Crippen LogP contribution in [0.3, 0.4) is 0 Å². The predicted octanol–water partition coefficient (Wildman–Crippen LogP) is 1.22. The van der Waals surface area contributed by atoms with Crippen molar-refractivity contribution < 1.29 is 23.6 Å². The van der Waals surface area contributed by atoms with Crippen LogP contribution in [0.2, 0.25) is 0 Å². The molecule has 0 bridgehead atoms. The molecule has 2 aromatic carbocycles. The van der Waals surface area contributed by atoms with Gasteiger partial charge in [-0.3, -0.25) is 0 Å². The molecule has 0 aliphatic carbocycles. The fraction of sp³-hybridized carbons (Fsp3) is 0.0769. The quantitative estimate of drug-likeness (QED) is 0.816. The summed E-state index contributed by atoms with van der Waals surface area (Å²) in [7, 11) is -1.75. The highest BCUT2D eigenvalue weighted by Crippen LogP contribution is 2.13. The number of ether oxygens (including phenoxy) is 1. The van der Waals surface area contributed by atoms with Gasteiger partial charge in [0.1, 0.15) is 24.0 Å². The molecule has 0 fully saturated rings. The average molecular weight is 264 g/mol. The van der Waals surface area contributed by atoms with Gasteiger partial charge in [-0.05, 0) is 23.8 Å². The normalized spacial score (nSPS) is 10.3. The van der Waals surface area contributed by atoms with Gasteiger partial charge in [-0.15, -0.1) is 0 Å². The zero-order valence-corrected chi connectivity index (χ0v) is 9.88. The lowest BCUT2D eigenvalue weighted by Crippen LogP contribution is -2.31. The monoisotopic (exact) mass is 264 g/mol. The predicted molar refractivity (Wildman–Crippen MR) is 67.0 cm³/mol. The minimum Gasteiger partial charge on any atom is -0.489 e. The smallest absolute Gasteiger partial charge is 0.489 e. The molecule has 0 heterocycles. The molecule has 0 atom stereocenters. The summed E-state index contributed by atoms with van der Waals surface area (Å²) in [6.45, 7) is 0.0729. The topological polar surface area (TPSA) is 49.7 Å². The second-order valence-electron chi connectivity index (χ2n) is 3.97. The summed E-state index contributed by atoms with van der Waals surface area (Å²) in [6, 6.07) is 9.04. The molecule has 6 heteroatoms. The molecule has 2 rings (SSSR count). The molecule has 0 aliphatic heterocycles. The maximum Gasteiger partial charge on any atom is 0.492 e. The van der Waals surface area contributed by atoms with Gasteiger partial charge in [0.25, 0.3) is 0 Å². The molecule has 0 saturated carbocycles. The second kappa shape index (κ2) is 5.82. The Bertz CT molecular complexity index is 558. The van der Waals surface area contributed by atoms with Gasteiger partial charge in [-0.2, -0.15) is 0 Å². The first-order valence-corrected chi connectivity index (χ1v) is 5.59. The van der Waals surface area contributed by atoms with E-state index in [2.05, 4.69) is 0 Å². The number of halogens is 2. The first-order chi connectivity index (χ1) is 9.06. The van der Waals surface area contributed by atoms with Gasteiger partial charge in [0.15, 0.2) is 0 Å². The van der Waals surface area contributed by atoms with E-state index in [1.165, 1.54) is 30.3 Å². The highest BCUT2D eigenvalue weighted by molar-refractivity contribution is 6.59. The highest BCUT2D eigenvalue weighted by Gasteiger charge is 2.17. The van der Waals surface area contributed by atoms with Crippen molar-refractivity contribution in [2.24, 2.45) is 0 Å². The zero-order chi connectivity index (χ0) is 13.8. The van der Waals surface area contributed by atoms with Crippen molar-refractivity contribution in [2.75, 3.05) is 0 Å². The Hall–Kier alpha value is -1.92. The Morgan fingerprint density at radius 2 is 1.58 bits per heavy atom. The summed E-state index contributed by atoms with van der Waals surface area (Å²) in [5.74, 6) is -0.862. The fourth-order valence-electron chi connectivity index (χ4n) is 1.59. The molecule has 0 amide bonds. The summed E-state index contributed by atoms with van der Waals surface area (Å²) in [5.41, 5.74) is 0.757. The van der Waals surface area contributed by atoms with E-state index in [0.717, 1.165) is 12.1 Å².